The van der Waals surface area contributed by atoms with E-state index in [0.717, 1.165) is 12.8 Å². The van der Waals surface area contributed by atoms with Crippen LogP contribution >= 0.6 is 0 Å². The minimum Gasteiger partial charge on any atom is -0.456 e. The molecule has 3 aromatic rings. The predicted molar refractivity (Wildman–Crippen MR) is 113 cm³/mol. The van der Waals surface area contributed by atoms with Gasteiger partial charge in [0.05, 0.1) is 0 Å². The van der Waals surface area contributed by atoms with Gasteiger partial charge in [0.1, 0.15) is 17.1 Å². The topological polar surface area (TPSA) is 55.8 Å². The van der Waals surface area contributed by atoms with Gasteiger partial charge in [0.2, 0.25) is 6.10 Å². The Morgan fingerprint density at radius 1 is 0.767 bits per heavy atom. The highest BCUT2D eigenvalue weighted by atomic mass is 16.6. The molecule has 1 fully saturated rings. The summed E-state index contributed by atoms with van der Waals surface area (Å²) < 4.78 is 11.6. The number of likely N-dealkylation sites (tertiary alicyclic amines) is 1. The van der Waals surface area contributed by atoms with Gasteiger partial charge in [-0.15, -0.1) is 0 Å². The molecule has 152 valence electrons. The zero-order valence-corrected chi connectivity index (χ0v) is 16.6. The Hall–Kier alpha value is -3.60. The molecule has 1 aliphatic rings. The van der Waals surface area contributed by atoms with Gasteiger partial charge in [0, 0.05) is 18.7 Å². The van der Waals surface area contributed by atoms with Crippen molar-refractivity contribution in [2.24, 2.45) is 0 Å². The van der Waals surface area contributed by atoms with Crippen molar-refractivity contribution in [1.82, 2.24) is 4.90 Å². The van der Waals surface area contributed by atoms with E-state index in [1.807, 2.05) is 48.5 Å². The highest BCUT2D eigenvalue weighted by Crippen LogP contribution is 2.29. The third-order valence-corrected chi connectivity index (χ3v) is 5.05. The normalized spacial score (nSPS) is 14.2. The van der Waals surface area contributed by atoms with E-state index >= 15 is 0 Å². The SMILES string of the molecule is O=C(O[C@H](C(=O)N1CCCC1)c1ccccc1)c1ccccc1Oc1ccccc1. The van der Waals surface area contributed by atoms with E-state index in [1.54, 1.807) is 41.3 Å². The second-order valence-corrected chi connectivity index (χ2v) is 7.14. The molecule has 0 radical (unpaired) electrons. The zero-order chi connectivity index (χ0) is 20.8. The fourth-order valence-corrected chi connectivity index (χ4v) is 3.50. The van der Waals surface area contributed by atoms with Gasteiger partial charge < -0.3 is 14.4 Å². The summed E-state index contributed by atoms with van der Waals surface area (Å²) >= 11 is 0. The molecule has 0 N–H and O–H groups in total. The molecule has 4 rings (SSSR count). The maximum Gasteiger partial charge on any atom is 0.343 e. The first-order valence-corrected chi connectivity index (χ1v) is 10.1. The molecular weight excluding hydrogens is 378 g/mol. The molecule has 5 heteroatoms. The van der Waals surface area contributed by atoms with E-state index in [9.17, 15) is 9.59 Å². The average Bonchev–Trinajstić information content (AvgIpc) is 3.34. The van der Waals surface area contributed by atoms with Crippen LogP contribution in [0.1, 0.15) is 34.9 Å². The molecule has 0 aromatic heterocycles. The van der Waals surface area contributed by atoms with Crippen LogP contribution in [0.2, 0.25) is 0 Å². The maximum absolute atomic E-state index is 13.1. The number of amides is 1. The number of ether oxygens (including phenoxy) is 2. The van der Waals surface area contributed by atoms with Gasteiger partial charge in [0.15, 0.2) is 0 Å². The average molecular weight is 401 g/mol. The molecule has 1 heterocycles. The van der Waals surface area contributed by atoms with Crippen molar-refractivity contribution in [3.63, 3.8) is 0 Å². The van der Waals surface area contributed by atoms with Gasteiger partial charge in [0.25, 0.3) is 5.91 Å². The van der Waals surface area contributed by atoms with Gasteiger partial charge in [-0.2, -0.15) is 0 Å². The predicted octanol–water partition coefficient (Wildman–Crippen LogP) is 5.00. The molecule has 3 aromatic carbocycles. The van der Waals surface area contributed by atoms with Crippen LogP contribution in [0.3, 0.4) is 0 Å². The molecule has 5 nitrogen and oxygen atoms in total. The molecular formula is C25H23NO4. The number of para-hydroxylation sites is 2. The zero-order valence-electron chi connectivity index (χ0n) is 16.6. The summed E-state index contributed by atoms with van der Waals surface area (Å²) in [5, 5.41) is 0. The van der Waals surface area contributed by atoms with E-state index in [4.69, 9.17) is 9.47 Å². The first-order valence-electron chi connectivity index (χ1n) is 10.1. The fraction of sp³-hybridized carbons (Fsp3) is 0.200. The quantitative estimate of drug-likeness (QED) is 0.546. The standard InChI is InChI=1S/C25H23NO4/c27-24(26-17-9-10-18-26)23(19-11-3-1-4-12-19)30-25(28)21-15-7-8-16-22(21)29-20-13-5-2-6-14-20/h1-8,11-16,23H,9-10,17-18H2/t23-/m0/s1. The third kappa shape index (κ3) is 4.51. The summed E-state index contributed by atoms with van der Waals surface area (Å²) in [6.45, 7) is 1.38. The van der Waals surface area contributed by atoms with Gasteiger partial charge in [-0.1, -0.05) is 60.7 Å². The molecule has 0 aliphatic carbocycles. The Morgan fingerprint density at radius 3 is 2.07 bits per heavy atom. The number of hydrogen-bond acceptors (Lipinski definition) is 4. The van der Waals surface area contributed by atoms with Crippen molar-refractivity contribution < 1.29 is 19.1 Å². The van der Waals surface area contributed by atoms with Crippen LogP contribution in [0, 0.1) is 0 Å². The van der Waals surface area contributed by atoms with E-state index < -0.39 is 12.1 Å². The van der Waals surface area contributed by atoms with Gasteiger partial charge in [-0.3, -0.25) is 4.79 Å². The number of rotatable bonds is 6. The van der Waals surface area contributed by atoms with E-state index in [-0.39, 0.29) is 11.5 Å². The number of carbonyl (C=O) groups excluding carboxylic acids is 2. The smallest absolute Gasteiger partial charge is 0.343 e. The van der Waals surface area contributed by atoms with Crippen LogP contribution in [0.5, 0.6) is 11.5 Å². The Bertz CT molecular complexity index is 998. The number of hydrogen-bond donors (Lipinski definition) is 0. The number of benzene rings is 3. The highest BCUT2D eigenvalue weighted by Gasteiger charge is 2.32. The van der Waals surface area contributed by atoms with Crippen molar-refractivity contribution in [3.8, 4) is 11.5 Å². The van der Waals surface area contributed by atoms with Gasteiger partial charge >= 0.3 is 5.97 Å². The number of nitrogens with zero attached hydrogens (tertiary/aromatic N) is 1. The summed E-state index contributed by atoms with van der Waals surface area (Å²) in [4.78, 5) is 28.0. The summed E-state index contributed by atoms with van der Waals surface area (Å²) in [6.07, 6.45) is 0.950. The summed E-state index contributed by atoms with van der Waals surface area (Å²) in [5.74, 6) is 0.219. The second-order valence-electron chi connectivity index (χ2n) is 7.14. The number of carbonyl (C=O) groups is 2. The molecule has 1 amide bonds. The molecule has 1 aliphatic heterocycles. The Labute approximate surface area is 175 Å². The molecule has 0 unspecified atom stereocenters. The number of esters is 1. The second kappa shape index (κ2) is 9.27. The van der Waals surface area contributed by atoms with Crippen LogP contribution in [0.4, 0.5) is 0 Å². The molecule has 0 bridgehead atoms. The fourth-order valence-electron chi connectivity index (χ4n) is 3.50. The molecule has 1 saturated heterocycles. The minimum atomic E-state index is -0.985. The van der Waals surface area contributed by atoms with E-state index in [0.29, 0.717) is 30.2 Å². The van der Waals surface area contributed by atoms with Crippen LogP contribution in [0.25, 0.3) is 0 Å². The van der Waals surface area contributed by atoms with E-state index in [1.165, 1.54) is 0 Å². The van der Waals surface area contributed by atoms with Crippen molar-refractivity contribution >= 4 is 11.9 Å². The minimum absolute atomic E-state index is 0.187. The van der Waals surface area contributed by atoms with Gasteiger partial charge in [-0.25, -0.2) is 4.79 Å². The van der Waals surface area contributed by atoms with Crippen LogP contribution in [0.15, 0.2) is 84.9 Å². The first kappa shape index (κ1) is 19.7. The summed E-state index contributed by atoms with van der Waals surface area (Å²) in [7, 11) is 0. The van der Waals surface area contributed by atoms with Crippen LogP contribution in [-0.4, -0.2) is 29.9 Å². The van der Waals surface area contributed by atoms with E-state index in [2.05, 4.69) is 0 Å². The highest BCUT2D eigenvalue weighted by molar-refractivity contribution is 5.95. The lowest BCUT2D eigenvalue weighted by molar-refractivity contribution is -0.140. The maximum atomic E-state index is 13.1. The summed E-state index contributed by atoms with van der Waals surface area (Å²) in [5.41, 5.74) is 0.931. The molecule has 1 atom stereocenters. The largest absolute Gasteiger partial charge is 0.456 e. The molecule has 30 heavy (non-hydrogen) atoms. The lowest BCUT2D eigenvalue weighted by Crippen LogP contribution is -2.34. The Balaban J connectivity index is 1.59. The molecule has 0 spiro atoms. The molecule has 0 saturated carbocycles. The van der Waals surface area contributed by atoms with Crippen LogP contribution < -0.4 is 4.74 Å². The van der Waals surface area contributed by atoms with Crippen LogP contribution in [-0.2, 0) is 9.53 Å². The Kier molecular flexibility index (Phi) is 6.09. The van der Waals surface area contributed by atoms with Gasteiger partial charge in [-0.05, 0) is 37.1 Å². The van der Waals surface area contributed by atoms with Crippen molar-refractivity contribution in [1.29, 1.82) is 0 Å². The lowest BCUT2D eigenvalue weighted by atomic mass is 10.1. The third-order valence-electron chi connectivity index (χ3n) is 5.05. The van der Waals surface area contributed by atoms with Crippen molar-refractivity contribution in [2.75, 3.05) is 13.1 Å². The lowest BCUT2D eigenvalue weighted by Gasteiger charge is -2.24. The van der Waals surface area contributed by atoms with Crippen molar-refractivity contribution in [3.05, 3.63) is 96.1 Å². The first-order chi connectivity index (χ1) is 14.7. The summed E-state index contributed by atoms with van der Waals surface area (Å²) in [6, 6.07) is 25.3. The Morgan fingerprint density at radius 2 is 1.37 bits per heavy atom. The van der Waals surface area contributed by atoms with Crippen molar-refractivity contribution in [2.45, 2.75) is 18.9 Å². The monoisotopic (exact) mass is 401 g/mol.